The van der Waals surface area contributed by atoms with E-state index in [1.54, 1.807) is 13.2 Å². The van der Waals surface area contributed by atoms with E-state index in [1.807, 2.05) is 31.1 Å². The fraction of sp³-hybridized carbons (Fsp3) is 0.435. The summed E-state index contributed by atoms with van der Waals surface area (Å²) < 4.78 is 5.00. The van der Waals surface area contributed by atoms with Crippen LogP contribution in [0.25, 0.3) is 0 Å². The van der Waals surface area contributed by atoms with E-state index in [0.717, 1.165) is 24.2 Å². The Morgan fingerprint density at radius 2 is 1.89 bits per heavy atom. The number of benzene rings is 2. The summed E-state index contributed by atoms with van der Waals surface area (Å²) in [6.45, 7) is 4.50. The number of nitrogens with zero attached hydrogens (tertiary/aromatic N) is 2. The highest BCUT2D eigenvalue weighted by Crippen LogP contribution is 2.31. The molecule has 5 heteroatoms. The molecule has 1 aliphatic carbocycles. The minimum atomic E-state index is 0.657. The van der Waals surface area contributed by atoms with Crippen molar-refractivity contribution < 1.29 is 4.74 Å². The average Bonchev–Trinajstić information content (AvgIpc) is 3.28. The van der Waals surface area contributed by atoms with E-state index in [1.165, 1.54) is 48.9 Å². The van der Waals surface area contributed by atoms with Crippen molar-refractivity contribution in [1.82, 2.24) is 4.90 Å². The van der Waals surface area contributed by atoms with Crippen molar-refractivity contribution in [2.45, 2.75) is 45.0 Å². The summed E-state index contributed by atoms with van der Waals surface area (Å²) in [4.78, 5) is 2.61. The van der Waals surface area contributed by atoms with Crippen LogP contribution >= 0.6 is 11.6 Å². The Hall–Kier alpha value is -1.96. The largest absolute Gasteiger partial charge is 0.497 e. The maximum Gasteiger partial charge on any atom is 0.148 e. The third-order valence-electron chi connectivity index (χ3n) is 5.72. The van der Waals surface area contributed by atoms with E-state index in [-0.39, 0.29) is 0 Å². The molecule has 2 aromatic rings. The Morgan fingerprint density at radius 1 is 1.18 bits per heavy atom. The predicted molar refractivity (Wildman–Crippen MR) is 117 cm³/mol. The van der Waals surface area contributed by atoms with Gasteiger partial charge >= 0.3 is 0 Å². The lowest BCUT2D eigenvalue weighted by molar-refractivity contribution is 0.222. The first kappa shape index (κ1) is 20.8. The topological polar surface area (TPSA) is 36.3 Å². The third kappa shape index (κ3) is 5.10. The molecule has 0 N–H and O–H groups in total. The van der Waals surface area contributed by atoms with Crippen LogP contribution in [-0.2, 0) is 12.8 Å². The van der Waals surface area contributed by atoms with Crippen LogP contribution in [0.2, 0.25) is 11.8 Å². The molecule has 0 saturated carbocycles. The molecule has 1 heterocycles. The lowest BCUT2D eigenvalue weighted by Crippen LogP contribution is -2.37. The summed E-state index contributed by atoms with van der Waals surface area (Å²) in [5.74, 6) is 0.908. The maximum atomic E-state index is 9.18. The van der Waals surface area contributed by atoms with Crippen molar-refractivity contribution in [2.24, 2.45) is 0 Å². The van der Waals surface area contributed by atoms with Gasteiger partial charge in [-0.05, 0) is 80.6 Å². The molecule has 2 aliphatic rings. The van der Waals surface area contributed by atoms with Gasteiger partial charge < -0.3 is 9.64 Å². The van der Waals surface area contributed by atoms with Crippen LogP contribution in [0.5, 0.6) is 5.75 Å². The molecule has 0 aromatic heterocycles. The molecule has 28 heavy (non-hydrogen) atoms. The number of methoxy groups -OCH3 is 1. The van der Waals surface area contributed by atoms with Gasteiger partial charge in [-0.2, -0.15) is 5.26 Å². The standard InChI is InChI=1S/C15H17ClN2.C8H10BO/c16-13-7-11-9-14(18-5-1-2-6-18)3-4-15(11)12(8-13)10-17;1-9-7-3-5-8(10-2)6-4-7/h7-8,14H,1-6,9H2;3-6H,1-2H3. The van der Waals surface area contributed by atoms with Crippen LogP contribution < -0.4 is 10.2 Å². The second kappa shape index (κ2) is 10.0. The first-order valence-electron chi connectivity index (χ1n) is 10.0. The monoisotopic (exact) mass is 393 g/mol. The zero-order chi connectivity index (χ0) is 19.9. The second-order valence-electron chi connectivity index (χ2n) is 7.40. The first-order chi connectivity index (χ1) is 13.6. The third-order valence-corrected chi connectivity index (χ3v) is 5.94. The molecular formula is C23H27BClN2O. The number of halogens is 1. The molecule has 0 amide bonds. The van der Waals surface area contributed by atoms with Crippen LogP contribution in [0.1, 0.15) is 36.0 Å². The van der Waals surface area contributed by atoms with E-state index in [9.17, 15) is 5.26 Å². The van der Waals surface area contributed by atoms with Gasteiger partial charge in [0.05, 0.1) is 18.7 Å². The zero-order valence-corrected chi connectivity index (χ0v) is 17.5. The highest BCUT2D eigenvalue weighted by atomic mass is 35.5. The number of likely N-dealkylation sites (tertiary alicyclic amines) is 1. The smallest absolute Gasteiger partial charge is 0.148 e. The summed E-state index contributed by atoms with van der Waals surface area (Å²) in [6, 6.07) is 14.8. The number of hydrogen-bond donors (Lipinski definition) is 0. The van der Waals surface area contributed by atoms with Crippen molar-refractivity contribution in [3.8, 4) is 11.8 Å². The summed E-state index contributed by atoms with van der Waals surface area (Å²) in [5, 5.41) is 9.88. The number of nitriles is 1. The number of hydrogen-bond acceptors (Lipinski definition) is 3. The van der Waals surface area contributed by atoms with Gasteiger partial charge in [-0.1, -0.05) is 36.0 Å². The average molecular weight is 394 g/mol. The van der Waals surface area contributed by atoms with Gasteiger partial charge in [-0.3, -0.25) is 0 Å². The molecule has 1 saturated heterocycles. The highest BCUT2D eigenvalue weighted by Gasteiger charge is 2.27. The minimum Gasteiger partial charge on any atom is -0.497 e. The van der Waals surface area contributed by atoms with Crippen LogP contribution in [0.3, 0.4) is 0 Å². The quantitative estimate of drug-likeness (QED) is 0.732. The van der Waals surface area contributed by atoms with Gasteiger partial charge in [-0.25, -0.2) is 0 Å². The van der Waals surface area contributed by atoms with Crippen LogP contribution in [0.15, 0.2) is 36.4 Å². The fourth-order valence-electron chi connectivity index (χ4n) is 4.15. The van der Waals surface area contributed by atoms with Crippen LogP contribution in [0, 0.1) is 11.3 Å². The van der Waals surface area contributed by atoms with Crippen molar-refractivity contribution >= 4 is 24.3 Å². The Bertz CT molecular complexity index is 803. The molecule has 1 atom stereocenters. The zero-order valence-electron chi connectivity index (χ0n) is 16.7. The summed E-state index contributed by atoms with van der Waals surface area (Å²) in [6.07, 6.45) is 5.94. The van der Waals surface area contributed by atoms with Crippen molar-refractivity contribution in [3.05, 3.63) is 58.1 Å². The Balaban J connectivity index is 0.000000192. The molecule has 0 spiro atoms. The van der Waals surface area contributed by atoms with Crippen LogP contribution in [-0.4, -0.2) is 38.4 Å². The molecular weight excluding hydrogens is 367 g/mol. The van der Waals surface area contributed by atoms with E-state index in [4.69, 9.17) is 16.3 Å². The van der Waals surface area contributed by atoms with Crippen molar-refractivity contribution in [2.75, 3.05) is 20.2 Å². The van der Waals surface area contributed by atoms with Gasteiger partial charge in [0.25, 0.3) is 0 Å². The summed E-state index contributed by atoms with van der Waals surface area (Å²) in [5.41, 5.74) is 4.53. The van der Waals surface area contributed by atoms with Gasteiger partial charge in [0.2, 0.25) is 0 Å². The van der Waals surface area contributed by atoms with Gasteiger partial charge in [-0.15, -0.1) is 0 Å². The lowest BCUT2D eigenvalue weighted by Gasteiger charge is -2.32. The molecule has 145 valence electrons. The first-order valence-corrected chi connectivity index (χ1v) is 10.4. The number of ether oxygens (including phenoxy) is 1. The Morgan fingerprint density at radius 3 is 2.50 bits per heavy atom. The summed E-state index contributed by atoms with van der Waals surface area (Å²) >= 11 is 6.10. The molecule has 1 radical (unpaired) electrons. The number of fused-ring (bicyclic) bond motifs is 1. The SMILES string of the molecule is C[B]c1ccc(OC)cc1.N#Cc1cc(Cl)cc2c1CCC(N1CCCC1)C2. The van der Waals surface area contributed by atoms with Crippen molar-refractivity contribution in [1.29, 1.82) is 5.26 Å². The van der Waals surface area contributed by atoms with Gasteiger partial charge in [0.15, 0.2) is 0 Å². The minimum absolute atomic E-state index is 0.657. The molecule has 3 nitrogen and oxygen atoms in total. The van der Waals surface area contributed by atoms with E-state index >= 15 is 0 Å². The normalized spacial score (nSPS) is 18.4. The fourth-order valence-corrected chi connectivity index (χ4v) is 4.39. The molecule has 1 fully saturated rings. The lowest BCUT2D eigenvalue weighted by atomic mass is 9.73. The summed E-state index contributed by atoms with van der Waals surface area (Å²) in [7, 11) is 3.73. The highest BCUT2D eigenvalue weighted by molar-refractivity contribution is 6.51. The van der Waals surface area contributed by atoms with Crippen LogP contribution in [0.4, 0.5) is 0 Å². The van der Waals surface area contributed by atoms with E-state index < -0.39 is 0 Å². The molecule has 4 rings (SSSR count). The molecule has 2 aromatic carbocycles. The van der Waals surface area contributed by atoms with Gasteiger partial charge in [0.1, 0.15) is 13.0 Å². The maximum absolute atomic E-state index is 9.18. The molecule has 0 bridgehead atoms. The number of rotatable bonds is 3. The molecule has 1 unspecified atom stereocenters. The van der Waals surface area contributed by atoms with Gasteiger partial charge in [0, 0.05) is 11.1 Å². The second-order valence-corrected chi connectivity index (χ2v) is 7.84. The molecule has 1 aliphatic heterocycles. The Labute approximate surface area is 174 Å². The predicted octanol–water partition coefficient (Wildman–Crippen LogP) is 4.24. The van der Waals surface area contributed by atoms with E-state index in [0.29, 0.717) is 11.1 Å². The van der Waals surface area contributed by atoms with E-state index in [2.05, 4.69) is 24.3 Å². The van der Waals surface area contributed by atoms with Crippen molar-refractivity contribution in [3.63, 3.8) is 0 Å². The Kier molecular flexibility index (Phi) is 7.42.